The van der Waals surface area contributed by atoms with Crippen molar-refractivity contribution in [1.82, 2.24) is 9.97 Å². The zero-order chi connectivity index (χ0) is 15.2. The lowest BCUT2D eigenvalue weighted by atomic mass is 10.1. The number of hydrogen-bond donors (Lipinski definition) is 0. The van der Waals surface area contributed by atoms with E-state index in [2.05, 4.69) is 9.97 Å². The van der Waals surface area contributed by atoms with Crippen molar-refractivity contribution in [2.24, 2.45) is 0 Å². The van der Waals surface area contributed by atoms with Gasteiger partial charge in [0.1, 0.15) is 5.15 Å². The number of aromatic nitrogens is 2. The highest BCUT2D eigenvalue weighted by atomic mass is 35.5. The molecule has 4 nitrogen and oxygen atoms in total. The monoisotopic (exact) mass is 322 g/mol. The molecule has 0 aliphatic carbocycles. The number of rotatable bonds is 5. The predicted octanol–water partition coefficient (Wildman–Crippen LogP) is 3.62. The Morgan fingerprint density at radius 2 is 2.05 bits per heavy atom. The van der Waals surface area contributed by atoms with Crippen molar-refractivity contribution in [2.75, 3.05) is 12.9 Å². The molecule has 110 valence electrons. The third kappa shape index (κ3) is 4.19. The highest BCUT2D eigenvalue weighted by Crippen LogP contribution is 2.20. The number of hydrogen-bond acceptors (Lipinski definition) is 5. The third-order valence-corrected chi connectivity index (χ3v) is 3.72. The van der Waals surface area contributed by atoms with E-state index in [1.807, 2.05) is 18.4 Å². The second kappa shape index (κ2) is 7.43. The summed E-state index contributed by atoms with van der Waals surface area (Å²) in [5, 5.41) is 1.12. The van der Waals surface area contributed by atoms with E-state index < -0.39 is 0 Å². The van der Waals surface area contributed by atoms with Gasteiger partial charge < -0.3 is 4.74 Å². The second-order valence-electron chi connectivity index (χ2n) is 4.27. The SMILES string of the molecule is CCOC(=O)c1ccc(Cc2cnc(SC)nc2Cl)cc1. The van der Waals surface area contributed by atoms with Crippen LogP contribution in [0.25, 0.3) is 0 Å². The smallest absolute Gasteiger partial charge is 0.338 e. The fraction of sp³-hybridized carbons (Fsp3) is 0.267. The zero-order valence-corrected chi connectivity index (χ0v) is 13.4. The first-order valence-electron chi connectivity index (χ1n) is 6.45. The number of benzene rings is 1. The normalized spacial score (nSPS) is 10.4. The van der Waals surface area contributed by atoms with Gasteiger partial charge in [-0.1, -0.05) is 35.5 Å². The summed E-state index contributed by atoms with van der Waals surface area (Å²) >= 11 is 7.59. The Kier molecular flexibility index (Phi) is 5.59. The van der Waals surface area contributed by atoms with Gasteiger partial charge in [-0.05, 0) is 30.9 Å². The molecule has 2 aromatic rings. The topological polar surface area (TPSA) is 52.1 Å². The fourth-order valence-corrected chi connectivity index (χ4v) is 2.37. The zero-order valence-electron chi connectivity index (χ0n) is 11.8. The van der Waals surface area contributed by atoms with Crippen LogP contribution in [0.5, 0.6) is 0 Å². The van der Waals surface area contributed by atoms with Crippen LogP contribution >= 0.6 is 23.4 Å². The standard InChI is InChI=1S/C15H15ClN2O2S/c1-3-20-14(19)11-6-4-10(5-7-11)8-12-9-17-15(21-2)18-13(12)16/h4-7,9H,3,8H2,1-2H3. The summed E-state index contributed by atoms with van der Waals surface area (Å²) in [6.45, 7) is 2.15. The van der Waals surface area contributed by atoms with Crippen molar-refractivity contribution in [3.8, 4) is 0 Å². The second-order valence-corrected chi connectivity index (χ2v) is 5.40. The molecule has 0 fully saturated rings. The molecule has 2 rings (SSSR count). The van der Waals surface area contributed by atoms with Crippen LogP contribution in [0.4, 0.5) is 0 Å². The van der Waals surface area contributed by atoms with Crippen molar-refractivity contribution >= 4 is 29.3 Å². The molecule has 0 unspecified atom stereocenters. The molecule has 0 aliphatic heterocycles. The molecular weight excluding hydrogens is 308 g/mol. The van der Waals surface area contributed by atoms with Crippen LogP contribution in [0.2, 0.25) is 5.15 Å². The molecule has 1 aromatic carbocycles. The van der Waals surface area contributed by atoms with Crippen LogP contribution in [0, 0.1) is 0 Å². The molecule has 6 heteroatoms. The lowest BCUT2D eigenvalue weighted by molar-refractivity contribution is 0.0526. The van der Waals surface area contributed by atoms with Crippen LogP contribution in [0.3, 0.4) is 0 Å². The number of carbonyl (C=O) groups excluding carboxylic acids is 1. The van der Waals surface area contributed by atoms with Crippen LogP contribution in [0.15, 0.2) is 35.6 Å². The summed E-state index contributed by atoms with van der Waals surface area (Å²) in [6.07, 6.45) is 4.26. The Hall–Kier alpha value is -1.59. The molecule has 0 spiro atoms. The van der Waals surface area contributed by atoms with E-state index in [-0.39, 0.29) is 5.97 Å². The maximum atomic E-state index is 11.6. The Balaban J connectivity index is 2.11. The first-order valence-corrected chi connectivity index (χ1v) is 8.05. The fourth-order valence-electron chi connectivity index (χ4n) is 1.78. The summed E-state index contributed by atoms with van der Waals surface area (Å²) in [5.41, 5.74) is 2.43. The predicted molar refractivity (Wildman–Crippen MR) is 84.0 cm³/mol. The summed E-state index contributed by atoms with van der Waals surface area (Å²) in [5.74, 6) is -0.310. The highest BCUT2D eigenvalue weighted by Gasteiger charge is 2.08. The van der Waals surface area contributed by atoms with E-state index >= 15 is 0 Å². The Bertz CT molecular complexity index is 632. The van der Waals surface area contributed by atoms with Gasteiger partial charge in [-0.3, -0.25) is 0 Å². The van der Waals surface area contributed by atoms with Gasteiger partial charge in [0.25, 0.3) is 0 Å². The maximum Gasteiger partial charge on any atom is 0.338 e. The Labute approximate surface area is 132 Å². The van der Waals surface area contributed by atoms with Crippen LogP contribution in [-0.2, 0) is 11.2 Å². The lowest BCUT2D eigenvalue weighted by Gasteiger charge is -2.06. The molecule has 21 heavy (non-hydrogen) atoms. The lowest BCUT2D eigenvalue weighted by Crippen LogP contribution is -2.04. The number of ether oxygens (including phenoxy) is 1. The number of thioether (sulfide) groups is 1. The number of carbonyl (C=O) groups is 1. The minimum Gasteiger partial charge on any atom is -0.462 e. The molecule has 1 heterocycles. The average Bonchev–Trinajstić information content (AvgIpc) is 2.50. The molecule has 0 aliphatic rings. The van der Waals surface area contributed by atoms with E-state index in [0.29, 0.717) is 28.9 Å². The van der Waals surface area contributed by atoms with Crippen molar-refractivity contribution < 1.29 is 9.53 Å². The summed E-state index contributed by atoms with van der Waals surface area (Å²) in [7, 11) is 0. The molecule has 0 saturated carbocycles. The van der Waals surface area contributed by atoms with Gasteiger partial charge in [0.05, 0.1) is 12.2 Å². The van der Waals surface area contributed by atoms with E-state index in [4.69, 9.17) is 16.3 Å². The summed E-state index contributed by atoms with van der Waals surface area (Å²) in [4.78, 5) is 20.0. The van der Waals surface area contributed by atoms with Gasteiger partial charge >= 0.3 is 5.97 Å². The van der Waals surface area contributed by atoms with Gasteiger partial charge in [-0.2, -0.15) is 0 Å². The van der Waals surface area contributed by atoms with Gasteiger partial charge in [-0.15, -0.1) is 0 Å². The average molecular weight is 323 g/mol. The van der Waals surface area contributed by atoms with E-state index in [1.165, 1.54) is 11.8 Å². The van der Waals surface area contributed by atoms with E-state index in [1.54, 1.807) is 25.3 Å². The van der Waals surface area contributed by atoms with E-state index in [0.717, 1.165) is 11.1 Å². The highest BCUT2D eigenvalue weighted by molar-refractivity contribution is 7.98. The minimum absolute atomic E-state index is 0.310. The first kappa shape index (κ1) is 15.8. The summed E-state index contributed by atoms with van der Waals surface area (Å²) < 4.78 is 4.95. The number of esters is 1. The van der Waals surface area contributed by atoms with Crippen molar-refractivity contribution in [3.05, 3.63) is 52.3 Å². The van der Waals surface area contributed by atoms with Crippen molar-refractivity contribution in [3.63, 3.8) is 0 Å². The quantitative estimate of drug-likeness (QED) is 0.364. The molecule has 0 atom stereocenters. The molecule has 0 radical (unpaired) electrons. The molecule has 1 aromatic heterocycles. The molecule has 0 saturated heterocycles. The minimum atomic E-state index is -0.310. The van der Waals surface area contributed by atoms with Gasteiger partial charge in [0, 0.05) is 18.2 Å². The van der Waals surface area contributed by atoms with Gasteiger partial charge in [0.2, 0.25) is 0 Å². The summed E-state index contributed by atoms with van der Waals surface area (Å²) in [6, 6.07) is 7.26. The molecular formula is C15H15ClN2O2S. The largest absolute Gasteiger partial charge is 0.462 e. The van der Waals surface area contributed by atoms with Crippen molar-refractivity contribution in [2.45, 2.75) is 18.5 Å². The first-order chi connectivity index (χ1) is 10.1. The number of halogens is 1. The molecule has 0 bridgehead atoms. The van der Waals surface area contributed by atoms with Crippen LogP contribution in [-0.4, -0.2) is 28.8 Å². The Morgan fingerprint density at radius 1 is 1.33 bits per heavy atom. The van der Waals surface area contributed by atoms with Gasteiger partial charge in [-0.25, -0.2) is 14.8 Å². The third-order valence-electron chi connectivity index (χ3n) is 2.83. The van der Waals surface area contributed by atoms with Crippen molar-refractivity contribution in [1.29, 1.82) is 0 Å². The van der Waals surface area contributed by atoms with Crippen LogP contribution < -0.4 is 0 Å². The molecule has 0 amide bonds. The Morgan fingerprint density at radius 3 is 2.62 bits per heavy atom. The van der Waals surface area contributed by atoms with E-state index in [9.17, 15) is 4.79 Å². The van der Waals surface area contributed by atoms with Crippen LogP contribution in [0.1, 0.15) is 28.4 Å². The maximum absolute atomic E-state index is 11.6. The number of nitrogens with zero attached hydrogens (tertiary/aromatic N) is 2. The van der Waals surface area contributed by atoms with Gasteiger partial charge in [0.15, 0.2) is 5.16 Å². The molecule has 0 N–H and O–H groups in total.